The summed E-state index contributed by atoms with van der Waals surface area (Å²) >= 11 is 0. The predicted octanol–water partition coefficient (Wildman–Crippen LogP) is 4.60. The van der Waals surface area contributed by atoms with Gasteiger partial charge in [0.2, 0.25) is 0 Å². The molecule has 96 valence electrons. The fourth-order valence-corrected chi connectivity index (χ4v) is 1.96. The van der Waals surface area contributed by atoms with E-state index in [9.17, 15) is 5.11 Å². The molecule has 0 saturated carbocycles. The largest absolute Gasteiger partial charge is 0.388 e. The van der Waals surface area contributed by atoms with Gasteiger partial charge < -0.3 is 5.11 Å². The molecular formula is C16H26O. The molecule has 0 bridgehead atoms. The van der Waals surface area contributed by atoms with E-state index in [0.717, 1.165) is 18.4 Å². The number of rotatable bonds is 5. The average molecular weight is 234 g/mol. The Balaban J connectivity index is 2.61. The molecule has 1 heteroatoms. The second kappa shape index (κ2) is 6.20. The van der Waals surface area contributed by atoms with Crippen LogP contribution < -0.4 is 0 Å². The van der Waals surface area contributed by atoms with Crippen molar-refractivity contribution < 1.29 is 5.11 Å². The first kappa shape index (κ1) is 14.2. The van der Waals surface area contributed by atoms with E-state index in [1.807, 2.05) is 0 Å². The lowest BCUT2D eigenvalue weighted by atomic mass is 9.86. The number of hydrogen-bond donors (Lipinski definition) is 1. The van der Waals surface area contributed by atoms with Crippen molar-refractivity contribution in [3.8, 4) is 0 Å². The molecule has 0 amide bonds. The van der Waals surface area contributed by atoms with Crippen LogP contribution in [0.5, 0.6) is 0 Å². The zero-order valence-corrected chi connectivity index (χ0v) is 11.7. The van der Waals surface area contributed by atoms with Gasteiger partial charge in [-0.05, 0) is 23.0 Å². The lowest BCUT2D eigenvalue weighted by Gasteiger charge is -2.20. The minimum atomic E-state index is -0.296. The van der Waals surface area contributed by atoms with Gasteiger partial charge in [-0.2, -0.15) is 0 Å². The zero-order chi connectivity index (χ0) is 12.9. The minimum absolute atomic E-state index is 0.186. The van der Waals surface area contributed by atoms with Crippen LogP contribution in [0.1, 0.15) is 70.6 Å². The summed E-state index contributed by atoms with van der Waals surface area (Å²) < 4.78 is 0. The maximum atomic E-state index is 10.0. The quantitative estimate of drug-likeness (QED) is 0.738. The summed E-state index contributed by atoms with van der Waals surface area (Å²) in [4.78, 5) is 0. The normalized spacial score (nSPS) is 13.7. The molecule has 0 heterocycles. The first-order chi connectivity index (χ1) is 7.95. The van der Waals surface area contributed by atoms with E-state index in [2.05, 4.69) is 52.0 Å². The Morgan fingerprint density at radius 2 is 1.65 bits per heavy atom. The van der Waals surface area contributed by atoms with Gasteiger partial charge >= 0.3 is 0 Å². The van der Waals surface area contributed by atoms with Gasteiger partial charge in [-0.25, -0.2) is 0 Å². The summed E-state index contributed by atoms with van der Waals surface area (Å²) in [5.74, 6) is 0. The number of benzene rings is 1. The average Bonchev–Trinajstić information content (AvgIpc) is 2.28. The van der Waals surface area contributed by atoms with Gasteiger partial charge in [0.1, 0.15) is 0 Å². The van der Waals surface area contributed by atoms with E-state index in [4.69, 9.17) is 0 Å². The number of aliphatic hydroxyl groups is 1. The van der Waals surface area contributed by atoms with Crippen molar-refractivity contribution in [1.29, 1.82) is 0 Å². The van der Waals surface area contributed by atoms with Gasteiger partial charge in [0.25, 0.3) is 0 Å². The van der Waals surface area contributed by atoms with Gasteiger partial charge in [0.05, 0.1) is 6.10 Å². The lowest BCUT2D eigenvalue weighted by Crippen LogP contribution is -2.11. The van der Waals surface area contributed by atoms with Crippen LogP contribution >= 0.6 is 0 Å². The lowest BCUT2D eigenvalue weighted by molar-refractivity contribution is 0.163. The molecule has 1 nitrogen and oxygen atoms in total. The molecule has 1 rings (SSSR count). The molecule has 1 aromatic rings. The van der Waals surface area contributed by atoms with Crippen molar-refractivity contribution in [2.75, 3.05) is 0 Å². The Kier molecular flexibility index (Phi) is 5.20. The van der Waals surface area contributed by atoms with E-state index in [1.54, 1.807) is 0 Å². The summed E-state index contributed by atoms with van der Waals surface area (Å²) in [6.07, 6.45) is 4.10. The third kappa shape index (κ3) is 4.51. The highest BCUT2D eigenvalue weighted by Gasteiger charge is 2.14. The molecule has 1 unspecified atom stereocenters. The number of unbranched alkanes of at least 4 members (excludes halogenated alkanes) is 2. The molecule has 0 aliphatic carbocycles. The Morgan fingerprint density at radius 1 is 1.06 bits per heavy atom. The van der Waals surface area contributed by atoms with Crippen molar-refractivity contribution in [3.63, 3.8) is 0 Å². The molecule has 0 aromatic heterocycles. The molecular weight excluding hydrogens is 208 g/mol. The highest BCUT2D eigenvalue weighted by Crippen LogP contribution is 2.25. The van der Waals surface area contributed by atoms with Crippen LogP contribution in [0.4, 0.5) is 0 Å². The van der Waals surface area contributed by atoms with Crippen LogP contribution in [0.2, 0.25) is 0 Å². The molecule has 0 fully saturated rings. The van der Waals surface area contributed by atoms with Crippen molar-refractivity contribution in [2.45, 2.75) is 64.9 Å². The first-order valence-corrected chi connectivity index (χ1v) is 6.73. The van der Waals surface area contributed by atoms with Gasteiger partial charge in [-0.15, -0.1) is 0 Å². The van der Waals surface area contributed by atoms with Gasteiger partial charge in [-0.1, -0.05) is 71.2 Å². The van der Waals surface area contributed by atoms with Gasteiger partial charge in [0, 0.05) is 0 Å². The Bertz CT molecular complexity index is 318. The van der Waals surface area contributed by atoms with E-state index in [-0.39, 0.29) is 11.5 Å². The second-order valence-electron chi connectivity index (χ2n) is 5.88. The van der Waals surface area contributed by atoms with Gasteiger partial charge in [0.15, 0.2) is 0 Å². The Labute approximate surface area is 106 Å². The van der Waals surface area contributed by atoms with Gasteiger partial charge in [-0.3, -0.25) is 0 Å². The summed E-state index contributed by atoms with van der Waals surface area (Å²) in [7, 11) is 0. The highest BCUT2D eigenvalue weighted by atomic mass is 16.3. The van der Waals surface area contributed by atoms with Crippen molar-refractivity contribution in [2.24, 2.45) is 0 Å². The van der Waals surface area contributed by atoms with E-state index >= 15 is 0 Å². The van der Waals surface area contributed by atoms with E-state index in [1.165, 1.54) is 18.4 Å². The molecule has 17 heavy (non-hydrogen) atoms. The summed E-state index contributed by atoms with van der Waals surface area (Å²) in [5, 5.41) is 10.0. The molecule has 1 atom stereocenters. The monoisotopic (exact) mass is 234 g/mol. The minimum Gasteiger partial charge on any atom is -0.388 e. The molecule has 0 radical (unpaired) electrons. The molecule has 0 aliphatic rings. The Morgan fingerprint density at radius 3 is 2.12 bits per heavy atom. The van der Waals surface area contributed by atoms with Crippen LogP contribution in [0, 0.1) is 0 Å². The second-order valence-corrected chi connectivity index (χ2v) is 5.88. The SMILES string of the molecule is CCCCCC(O)c1ccc(C(C)(C)C)cc1. The van der Waals surface area contributed by atoms with Crippen LogP contribution in [-0.2, 0) is 5.41 Å². The molecule has 1 N–H and O–H groups in total. The predicted molar refractivity (Wildman–Crippen MR) is 74.2 cm³/mol. The Hall–Kier alpha value is -0.820. The van der Waals surface area contributed by atoms with E-state index < -0.39 is 0 Å². The van der Waals surface area contributed by atoms with Crippen LogP contribution in [0.3, 0.4) is 0 Å². The molecule has 1 aromatic carbocycles. The zero-order valence-electron chi connectivity index (χ0n) is 11.7. The smallest absolute Gasteiger partial charge is 0.0790 e. The van der Waals surface area contributed by atoms with Crippen molar-refractivity contribution >= 4 is 0 Å². The van der Waals surface area contributed by atoms with Crippen molar-refractivity contribution in [1.82, 2.24) is 0 Å². The maximum absolute atomic E-state index is 10.0. The molecule has 0 aliphatic heterocycles. The number of aliphatic hydroxyl groups excluding tert-OH is 1. The highest BCUT2D eigenvalue weighted by molar-refractivity contribution is 5.28. The topological polar surface area (TPSA) is 20.2 Å². The summed E-state index contributed by atoms with van der Waals surface area (Å²) in [6.45, 7) is 8.81. The van der Waals surface area contributed by atoms with E-state index in [0.29, 0.717) is 0 Å². The third-order valence-corrected chi connectivity index (χ3v) is 3.24. The van der Waals surface area contributed by atoms with Crippen LogP contribution in [0.15, 0.2) is 24.3 Å². The summed E-state index contributed by atoms with van der Waals surface area (Å²) in [5.41, 5.74) is 2.56. The summed E-state index contributed by atoms with van der Waals surface area (Å²) in [6, 6.07) is 8.41. The number of hydrogen-bond acceptors (Lipinski definition) is 1. The first-order valence-electron chi connectivity index (χ1n) is 6.73. The fraction of sp³-hybridized carbons (Fsp3) is 0.625. The third-order valence-electron chi connectivity index (χ3n) is 3.24. The van der Waals surface area contributed by atoms with Crippen LogP contribution in [0.25, 0.3) is 0 Å². The maximum Gasteiger partial charge on any atom is 0.0790 e. The van der Waals surface area contributed by atoms with Crippen molar-refractivity contribution in [3.05, 3.63) is 35.4 Å². The fourth-order valence-electron chi connectivity index (χ4n) is 1.96. The van der Waals surface area contributed by atoms with Crippen LogP contribution in [-0.4, -0.2) is 5.11 Å². The molecule has 0 spiro atoms. The molecule has 0 saturated heterocycles. The standard InChI is InChI=1S/C16H26O/c1-5-6-7-8-15(17)13-9-11-14(12-10-13)16(2,3)4/h9-12,15,17H,5-8H2,1-4H3.